The van der Waals surface area contributed by atoms with E-state index in [0.29, 0.717) is 11.8 Å². The van der Waals surface area contributed by atoms with Gasteiger partial charge in [0.2, 0.25) is 0 Å². The van der Waals surface area contributed by atoms with E-state index in [1.807, 2.05) is 11.3 Å². The Kier molecular flexibility index (Phi) is 6.88. The number of benzene rings is 6. The number of hydrogen-bond donors (Lipinski definition) is 1. The zero-order valence-electron chi connectivity index (χ0n) is 29.2. The zero-order valence-corrected chi connectivity index (χ0v) is 30.0. The molecule has 51 heavy (non-hydrogen) atoms. The fraction of sp³-hybridized carbons (Fsp3) is 0.265. The van der Waals surface area contributed by atoms with Crippen molar-refractivity contribution >= 4 is 42.9 Å². The van der Waals surface area contributed by atoms with Gasteiger partial charge in [-0.2, -0.15) is 0 Å². The minimum absolute atomic E-state index is 0.343. The molecular weight excluding hydrogens is 635 g/mol. The lowest BCUT2D eigenvalue weighted by Crippen LogP contribution is -2.26. The number of nitrogens with one attached hydrogen (secondary N) is 1. The van der Waals surface area contributed by atoms with Crippen LogP contribution in [0.5, 0.6) is 0 Å². The van der Waals surface area contributed by atoms with E-state index in [2.05, 4.69) is 127 Å². The molecule has 0 saturated heterocycles. The summed E-state index contributed by atoms with van der Waals surface area (Å²) in [7, 11) is 0. The Morgan fingerprint density at radius 2 is 1.04 bits per heavy atom. The molecule has 4 aliphatic carbocycles. The van der Waals surface area contributed by atoms with Crippen LogP contribution in [0.1, 0.15) is 109 Å². The number of thiophene rings is 1. The molecule has 0 unspecified atom stereocenters. The highest BCUT2D eigenvalue weighted by Crippen LogP contribution is 2.64. The molecule has 11 rings (SSSR count). The van der Waals surface area contributed by atoms with Crippen LogP contribution in [-0.2, 0) is 5.41 Å². The third-order valence-corrected chi connectivity index (χ3v) is 14.2. The normalized spacial score (nSPS) is 17.8. The predicted molar refractivity (Wildman–Crippen MR) is 217 cm³/mol. The Bertz CT molecular complexity index is 2420. The van der Waals surface area contributed by atoms with Crippen molar-refractivity contribution in [1.29, 1.82) is 0 Å². The number of rotatable bonds is 4. The summed E-state index contributed by atoms with van der Waals surface area (Å²) in [4.78, 5) is 0. The average molecular weight is 678 g/mol. The molecule has 2 heteroatoms. The Balaban J connectivity index is 1.14. The highest BCUT2D eigenvalue weighted by Gasteiger charge is 2.52. The Hall–Kier alpha value is -4.66. The third kappa shape index (κ3) is 4.45. The van der Waals surface area contributed by atoms with Crippen molar-refractivity contribution in [2.75, 3.05) is 5.32 Å². The van der Waals surface area contributed by atoms with Crippen LogP contribution in [-0.4, -0.2) is 0 Å². The molecule has 4 aliphatic rings. The summed E-state index contributed by atoms with van der Waals surface area (Å²) in [6, 6.07) is 47.4. The van der Waals surface area contributed by atoms with Gasteiger partial charge < -0.3 is 5.32 Å². The van der Waals surface area contributed by atoms with E-state index in [-0.39, 0.29) is 5.41 Å². The number of hydrogen-bond acceptors (Lipinski definition) is 2. The first-order chi connectivity index (χ1) is 25.3. The Morgan fingerprint density at radius 3 is 1.75 bits per heavy atom. The van der Waals surface area contributed by atoms with Gasteiger partial charge in [-0.1, -0.05) is 130 Å². The van der Waals surface area contributed by atoms with Crippen LogP contribution in [0, 0.1) is 0 Å². The van der Waals surface area contributed by atoms with E-state index in [9.17, 15) is 0 Å². The number of anilines is 2. The fourth-order valence-corrected chi connectivity index (χ4v) is 11.8. The molecule has 1 aromatic heterocycles. The lowest BCUT2D eigenvalue weighted by molar-refractivity contribution is 0.443. The molecule has 0 atom stereocenters. The van der Waals surface area contributed by atoms with Crippen LogP contribution in [0.25, 0.3) is 42.4 Å². The third-order valence-electron chi connectivity index (χ3n) is 13.1. The lowest BCUT2D eigenvalue weighted by Gasteiger charge is -2.33. The quantitative estimate of drug-likeness (QED) is 0.195. The first-order valence-corrected chi connectivity index (χ1v) is 20.3. The highest BCUT2D eigenvalue weighted by molar-refractivity contribution is 7.26. The second-order valence-electron chi connectivity index (χ2n) is 15.7. The van der Waals surface area contributed by atoms with Crippen LogP contribution in [0.4, 0.5) is 11.4 Å². The van der Waals surface area contributed by atoms with Gasteiger partial charge in [0.25, 0.3) is 0 Å². The van der Waals surface area contributed by atoms with E-state index in [0.717, 1.165) is 5.69 Å². The lowest BCUT2D eigenvalue weighted by atomic mass is 9.69. The van der Waals surface area contributed by atoms with E-state index in [1.165, 1.54) is 135 Å². The Morgan fingerprint density at radius 1 is 0.471 bits per heavy atom. The molecular formula is C49H43NS. The molecule has 1 heterocycles. The zero-order chi connectivity index (χ0) is 33.5. The molecule has 1 spiro atoms. The molecule has 2 fully saturated rings. The minimum atomic E-state index is -0.343. The maximum absolute atomic E-state index is 3.97. The maximum Gasteiger partial charge on any atom is 0.0726 e. The summed E-state index contributed by atoms with van der Waals surface area (Å²) >= 11 is 1.88. The fourth-order valence-electron chi connectivity index (χ4n) is 10.7. The monoisotopic (exact) mass is 677 g/mol. The van der Waals surface area contributed by atoms with E-state index < -0.39 is 0 Å². The minimum Gasteiger partial charge on any atom is -0.355 e. The first-order valence-electron chi connectivity index (χ1n) is 19.5. The van der Waals surface area contributed by atoms with Gasteiger partial charge in [-0.05, 0) is 123 Å². The van der Waals surface area contributed by atoms with Crippen molar-refractivity contribution in [1.82, 2.24) is 0 Å². The first kappa shape index (κ1) is 30.0. The molecule has 0 amide bonds. The Labute approximate surface area is 305 Å². The van der Waals surface area contributed by atoms with Gasteiger partial charge in [0.1, 0.15) is 0 Å². The van der Waals surface area contributed by atoms with Crippen molar-refractivity contribution in [3.63, 3.8) is 0 Å². The van der Waals surface area contributed by atoms with Crippen molar-refractivity contribution < 1.29 is 0 Å². The van der Waals surface area contributed by atoms with Crippen LogP contribution >= 0.6 is 11.3 Å². The summed E-state index contributed by atoms with van der Waals surface area (Å²) in [5, 5.41) is 6.62. The smallest absolute Gasteiger partial charge is 0.0726 e. The van der Waals surface area contributed by atoms with Gasteiger partial charge in [0.15, 0.2) is 0 Å². The molecule has 0 radical (unpaired) electrons. The summed E-state index contributed by atoms with van der Waals surface area (Å²) in [5.74, 6) is 1.32. The molecule has 6 aromatic carbocycles. The van der Waals surface area contributed by atoms with Gasteiger partial charge in [-0.25, -0.2) is 0 Å². The average Bonchev–Trinajstić information content (AvgIpc) is 3.82. The van der Waals surface area contributed by atoms with E-state index >= 15 is 0 Å². The molecule has 0 aliphatic heterocycles. The largest absolute Gasteiger partial charge is 0.355 e. The molecule has 7 aromatic rings. The standard InChI is InChI=1S/C49H43NS/c1-3-12-31(13-4-1)33-22-25-37-38-26-23-34(32-14-5-2-6-15-32)29-43(38)49(42(37)28-33)41-18-9-7-16-36(41)39-27-24-35(30-44(39)49)50-45-19-11-21-47-48(45)40-17-8-10-20-46(40)51-47/h7-11,16-32,50H,1-6,12-15H2. The second-order valence-corrected chi connectivity index (χ2v) is 16.8. The predicted octanol–water partition coefficient (Wildman–Crippen LogP) is 14.2. The van der Waals surface area contributed by atoms with Gasteiger partial charge in [-0.15, -0.1) is 11.3 Å². The summed E-state index contributed by atoms with van der Waals surface area (Å²) in [5.41, 5.74) is 16.6. The molecule has 1 N–H and O–H groups in total. The topological polar surface area (TPSA) is 12.0 Å². The van der Waals surface area contributed by atoms with Gasteiger partial charge in [0, 0.05) is 31.5 Å². The van der Waals surface area contributed by atoms with Crippen LogP contribution in [0.15, 0.2) is 121 Å². The van der Waals surface area contributed by atoms with Crippen molar-refractivity contribution in [2.45, 2.75) is 81.5 Å². The molecule has 250 valence electrons. The molecule has 0 bridgehead atoms. The van der Waals surface area contributed by atoms with Gasteiger partial charge in [-0.3, -0.25) is 0 Å². The van der Waals surface area contributed by atoms with E-state index in [4.69, 9.17) is 0 Å². The van der Waals surface area contributed by atoms with Crippen LogP contribution in [0.2, 0.25) is 0 Å². The van der Waals surface area contributed by atoms with Crippen LogP contribution < -0.4 is 5.32 Å². The number of fused-ring (bicyclic) bond motifs is 13. The SMILES string of the molecule is c1ccc2c(c1)-c1ccc(Nc3cccc4sc5ccccc5c34)cc1C21c2cc(C3CCCCC3)ccc2-c2ccc(C3CCCCC3)cc21. The molecule has 2 saturated carbocycles. The van der Waals surface area contributed by atoms with Crippen molar-refractivity contribution in [3.8, 4) is 22.3 Å². The van der Waals surface area contributed by atoms with Crippen molar-refractivity contribution in [3.05, 3.63) is 155 Å². The summed E-state index contributed by atoms with van der Waals surface area (Å²) in [6.07, 6.45) is 13.4. The molecule has 1 nitrogen and oxygen atoms in total. The second kappa shape index (κ2) is 11.7. The van der Waals surface area contributed by atoms with Gasteiger partial charge in [0.05, 0.1) is 5.41 Å². The van der Waals surface area contributed by atoms with Crippen LogP contribution in [0.3, 0.4) is 0 Å². The summed E-state index contributed by atoms with van der Waals surface area (Å²) < 4.78 is 2.67. The summed E-state index contributed by atoms with van der Waals surface area (Å²) in [6.45, 7) is 0. The van der Waals surface area contributed by atoms with Gasteiger partial charge >= 0.3 is 0 Å². The highest BCUT2D eigenvalue weighted by atomic mass is 32.1. The van der Waals surface area contributed by atoms with Crippen molar-refractivity contribution in [2.24, 2.45) is 0 Å². The van der Waals surface area contributed by atoms with E-state index in [1.54, 1.807) is 11.1 Å². The maximum atomic E-state index is 3.97.